The van der Waals surface area contributed by atoms with Gasteiger partial charge in [-0.25, -0.2) is 9.67 Å². The number of rotatable bonds is 5. The lowest BCUT2D eigenvalue weighted by Crippen LogP contribution is -2.12. The number of hydrogen-bond donors (Lipinski definition) is 1. The Kier molecular flexibility index (Phi) is 5.94. The van der Waals surface area contributed by atoms with Gasteiger partial charge in [0.05, 0.1) is 11.4 Å². The number of nitrogens with one attached hydrogen (secondary N) is 1. The lowest BCUT2D eigenvalue weighted by molar-refractivity contribution is 0.102. The summed E-state index contributed by atoms with van der Waals surface area (Å²) in [5.41, 5.74) is 6.81. The van der Waals surface area contributed by atoms with Crippen molar-refractivity contribution in [2.45, 2.75) is 34.1 Å². The van der Waals surface area contributed by atoms with Crippen LogP contribution in [0.25, 0.3) is 5.13 Å². The number of carbonyl (C=O) groups is 1. The van der Waals surface area contributed by atoms with Crippen LogP contribution in [-0.4, -0.2) is 20.7 Å². The van der Waals surface area contributed by atoms with E-state index in [1.54, 1.807) is 0 Å². The molecule has 2 aromatic carbocycles. The fraction of sp³-hybridized carbons (Fsp3) is 0.208. The predicted molar refractivity (Wildman–Crippen MR) is 127 cm³/mol. The molecule has 0 unspecified atom stereocenters. The second kappa shape index (κ2) is 8.65. The molecule has 0 saturated carbocycles. The Hall–Kier alpha value is -2.96. The van der Waals surface area contributed by atoms with Crippen molar-refractivity contribution >= 4 is 34.5 Å². The van der Waals surface area contributed by atoms with E-state index < -0.39 is 0 Å². The predicted octanol–water partition coefficient (Wildman–Crippen LogP) is 6.06. The molecule has 7 heteroatoms. The third-order valence-electron chi connectivity index (χ3n) is 5.30. The molecule has 0 aliphatic carbocycles. The smallest absolute Gasteiger partial charge is 0.267 e. The largest absolute Gasteiger partial charge is 0.321 e. The molecule has 2 heterocycles. The molecule has 2 aromatic heterocycles. The van der Waals surface area contributed by atoms with Gasteiger partial charge in [0, 0.05) is 28.4 Å². The topological polar surface area (TPSA) is 59.8 Å². The minimum absolute atomic E-state index is 0.154. The van der Waals surface area contributed by atoms with E-state index in [1.807, 2.05) is 80.9 Å². The highest BCUT2D eigenvalue weighted by molar-refractivity contribution is 7.16. The van der Waals surface area contributed by atoms with Gasteiger partial charge in [0.2, 0.25) is 5.13 Å². The SMILES string of the molecule is Cc1ccccc1NC(=O)c1sc(-n2nc(C)c(Cc3ccc(Cl)cc3)c2C)nc1C. The number of thiazole rings is 1. The van der Waals surface area contributed by atoms with E-state index in [-0.39, 0.29) is 5.91 Å². The Morgan fingerprint density at radius 1 is 1.03 bits per heavy atom. The maximum absolute atomic E-state index is 12.9. The molecule has 0 saturated heterocycles. The summed E-state index contributed by atoms with van der Waals surface area (Å²) in [6, 6.07) is 15.6. The van der Waals surface area contributed by atoms with E-state index in [0.717, 1.165) is 39.6 Å². The summed E-state index contributed by atoms with van der Waals surface area (Å²) in [5, 5.41) is 9.12. The Balaban J connectivity index is 1.61. The number of nitrogens with zero attached hydrogens (tertiary/aromatic N) is 3. The van der Waals surface area contributed by atoms with Gasteiger partial charge in [-0.1, -0.05) is 53.3 Å². The highest BCUT2D eigenvalue weighted by Gasteiger charge is 2.20. The summed E-state index contributed by atoms with van der Waals surface area (Å²) in [4.78, 5) is 18.1. The zero-order valence-electron chi connectivity index (χ0n) is 17.9. The Bertz CT molecular complexity index is 1260. The number of amides is 1. The van der Waals surface area contributed by atoms with Gasteiger partial charge < -0.3 is 5.32 Å². The maximum atomic E-state index is 12.9. The van der Waals surface area contributed by atoms with Crippen molar-refractivity contribution in [3.63, 3.8) is 0 Å². The number of aryl methyl sites for hydroxylation is 3. The van der Waals surface area contributed by atoms with Gasteiger partial charge in [-0.3, -0.25) is 4.79 Å². The first-order valence-electron chi connectivity index (χ1n) is 9.98. The molecule has 5 nitrogen and oxygen atoms in total. The van der Waals surface area contributed by atoms with Gasteiger partial charge in [-0.05, 0) is 57.0 Å². The van der Waals surface area contributed by atoms with Gasteiger partial charge in [-0.2, -0.15) is 5.10 Å². The lowest BCUT2D eigenvalue weighted by Gasteiger charge is -2.06. The van der Waals surface area contributed by atoms with Crippen molar-refractivity contribution in [3.8, 4) is 5.13 Å². The normalized spacial score (nSPS) is 11.0. The van der Waals surface area contributed by atoms with Crippen LogP contribution in [0.5, 0.6) is 0 Å². The van der Waals surface area contributed by atoms with Crippen LogP contribution in [0.2, 0.25) is 5.02 Å². The number of carbonyl (C=O) groups excluding carboxylic acids is 1. The second-order valence-corrected chi connectivity index (χ2v) is 8.96. The molecule has 1 amide bonds. The summed E-state index contributed by atoms with van der Waals surface area (Å²) in [6.45, 7) is 7.86. The molecule has 0 radical (unpaired) electrons. The fourth-order valence-electron chi connectivity index (χ4n) is 3.50. The van der Waals surface area contributed by atoms with Crippen LogP contribution in [0.1, 0.15) is 43.4 Å². The van der Waals surface area contributed by atoms with E-state index in [4.69, 9.17) is 16.7 Å². The Morgan fingerprint density at radius 3 is 2.45 bits per heavy atom. The summed E-state index contributed by atoms with van der Waals surface area (Å²) in [7, 11) is 0. The summed E-state index contributed by atoms with van der Waals surface area (Å²) in [5.74, 6) is -0.154. The van der Waals surface area contributed by atoms with Crippen LogP contribution >= 0.6 is 22.9 Å². The van der Waals surface area contributed by atoms with Crippen LogP contribution in [0.3, 0.4) is 0 Å². The molecule has 31 heavy (non-hydrogen) atoms. The number of para-hydroxylation sites is 1. The van der Waals surface area contributed by atoms with Gasteiger partial charge >= 0.3 is 0 Å². The molecular formula is C24H23ClN4OS. The van der Waals surface area contributed by atoms with Crippen LogP contribution < -0.4 is 5.32 Å². The molecule has 0 aliphatic heterocycles. The molecule has 4 rings (SSSR count). The first-order chi connectivity index (χ1) is 14.8. The van der Waals surface area contributed by atoms with Gasteiger partial charge in [0.25, 0.3) is 5.91 Å². The van der Waals surface area contributed by atoms with Crippen LogP contribution in [0, 0.1) is 27.7 Å². The second-order valence-electron chi connectivity index (χ2n) is 7.54. The molecule has 1 N–H and O–H groups in total. The van der Waals surface area contributed by atoms with Gasteiger partial charge in [0.1, 0.15) is 4.88 Å². The summed E-state index contributed by atoms with van der Waals surface area (Å²) < 4.78 is 1.84. The van der Waals surface area contributed by atoms with Crippen molar-refractivity contribution in [3.05, 3.63) is 92.2 Å². The van der Waals surface area contributed by atoms with Crippen molar-refractivity contribution in [1.29, 1.82) is 0 Å². The van der Waals surface area contributed by atoms with E-state index >= 15 is 0 Å². The lowest BCUT2D eigenvalue weighted by atomic mass is 10.0. The quantitative estimate of drug-likeness (QED) is 0.402. The third-order valence-corrected chi connectivity index (χ3v) is 6.69. The molecule has 0 spiro atoms. The van der Waals surface area contributed by atoms with E-state index in [0.29, 0.717) is 15.7 Å². The average molecular weight is 451 g/mol. The number of anilines is 1. The minimum atomic E-state index is -0.154. The number of benzene rings is 2. The average Bonchev–Trinajstić information content (AvgIpc) is 3.26. The van der Waals surface area contributed by atoms with Crippen LogP contribution in [-0.2, 0) is 6.42 Å². The zero-order chi connectivity index (χ0) is 22.1. The first-order valence-corrected chi connectivity index (χ1v) is 11.2. The van der Waals surface area contributed by atoms with E-state index in [1.165, 1.54) is 16.9 Å². The zero-order valence-corrected chi connectivity index (χ0v) is 19.4. The summed E-state index contributed by atoms with van der Waals surface area (Å²) in [6.07, 6.45) is 0.764. The third kappa shape index (κ3) is 4.40. The minimum Gasteiger partial charge on any atom is -0.321 e. The number of hydrogen-bond acceptors (Lipinski definition) is 4. The maximum Gasteiger partial charge on any atom is 0.267 e. The van der Waals surface area contributed by atoms with Gasteiger partial charge in [0.15, 0.2) is 0 Å². The molecule has 0 aliphatic rings. The molecule has 0 fully saturated rings. The highest BCUT2D eigenvalue weighted by atomic mass is 35.5. The van der Waals surface area contributed by atoms with Crippen LogP contribution in [0.15, 0.2) is 48.5 Å². The highest BCUT2D eigenvalue weighted by Crippen LogP contribution is 2.27. The molecule has 0 atom stereocenters. The fourth-order valence-corrected chi connectivity index (χ4v) is 4.59. The first kappa shape index (κ1) is 21.3. The van der Waals surface area contributed by atoms with Crippen molar-refractivity contribution in [2.75, 3.05) is 5.32 Å². The Labute approximate surface area is 190 Å². The van der Waals surface area contributed by atoms with Crippen molar-refractivity contribution in [1.82, 2.24) is 14.8 Å². The van der Waals surface area contributed by atoms with E-state index in [9.17, 15) is 4.79 Å². The molecular weight excluding hydrogens is 428 g/mol. The van der Waals surface area contributed by atoms with Crippen LogP contribution in [0.4, 0.5) is 5.69 Å². The van der Waals surface area contributed by atoms with Crippen molar-refractivity contribution in [2.24, 2.45) is 0 Å². The van der Waals surface area contributed by atoms with Crippen molar-refractivity contribution < 1.29 is 4.79 Å². The standard InChI is InChI=1S/C24H23ClN4OS/c1-14-7-5-6-8-21(14)27-23(30)22-16(3)26-24(31-22)29-17(4)20(15(2)28-29)13-18-9-11-19(25)12-10-18/h5-12H,13H2,1-4H3,(H,27,30). The number of aromatic nitrogens is 3. The Morgan fingerprint density at radius 2 is 1.74 bits per heavy atom. The molecule has 0 bridgehead atoms. The molecule has 4 aromatic rings. The number of halogens is 1. The molecule has 158 valence electrons. The monoisotopic (exact) mass is 450 g/mol. The summed E-state index contributed by atoms with van der Waals surface area (Å²) >= 11 is 7.36. The van der Waals surface area contributed by atoms with E-state index in [2.05, 4.69) is 10.3 Å². The van der Waals surface area contributed by atoms with Gasteiger partial charge in [-0.15, -0.1) is 0 Å².